The van der Waals surface area contributed by atoms with Gasteiger partial charge in [0.15, 0.2) is 5.78 Å². The largest absolute Gasteiger partial charge is 0.491 e. The molecule has 0 amide bonds. The monoisotopic (exact) mass is 381 g/mol. The van der Waals surface area contributed by atoms with Gasteiger partial charge in [-0.05, 0) is 50.1 Å². The number of fused-ring (bicyclic) bond motifs is 1. The van der Waals surface area contributed by atoms with E-state index < -0.39 is 6.10 Å². The van der Waals surface area contributed by atoms with E-state index in [0.717, 1.165) is 21.5 Å². The van der Waals surface area contributed by atoms with Crippen molar-refractivity contribution in [3.8, 4) is 5.75 Å². The summed E-state index contributed by atoms with van der Waals surface area (Å²) in [6.07, 6.45) is -0.634. The fraction of sp³-hybridized carbons (Fsp3) is 0.273. The van der Waals surface area contributed by atoms with E-state index in [1.165, 1.54) is 24.2 Å². The lowest BCUT2D eigenvalue weighted by Gasteiger charge is -2.13. The van der Waals surface area contributed by atoms with Crippen molar-refractivity contribution >= 4 is 28.4 Å². The number of ether oxygens (including phenoxy) is 1. The number of benzene rings is 2. The minimum Gasteiger partial charge on any atom is -0.491 e. The molecule has 1 N–H and O–H groups in total. The van der Waals surface area contributed by atoms with Gasteiger partial charge in [-0.15, -0.1) is 11.8 Å². The fourth-order valence-electron chi connectivity index (χ4n) is 2.83. The number of aliphatic hydroxyl groups is 1. The number of ketones is 1. The fourth-order valence-corrected chi connectivity index (χ4v) is 3.71. The van der Waals surface area contributed by atoms with Crippen LogP contribution in [0.15, 0.2) is 53.6 Å². The Hall–Kier alpha value is -2.37. The molecular weight excluding hydrogens is 358 g/mol. The number of carbonyl (C=O) groups excluding carboxylic acids is 1. The maximum absolute atomic E-state index is 11.4. The first-order valence-electron chi connectivity index (χ1n) is 8.85. The van der Waals surface area contributed by atoms with Crippen LogP contribution >= 0.6 is 11.8 Å². The molecule has 0 aliphatic heterocycles. The summed E-state index contributed by atoms with van der Waals surface area (Å²) in [6.45, 7) is 5.82. The second-order valence-electron chi connectivity index (χ2n) is 6.61. The van der Waals surface area contributed by atoms with Crippen molar-refractivity contribution in [3.63, 3.8) is 0 Å². The van der Waals surface area contributed by atoms with Gasteiger partial charge in [-0.3, -0.25) is 4.79 Å². The van der Waals surface area contributed by atoms with Gasteiger partial charge in [0.1, 0.15) is 12.4 Å². The second-order valence-corrected chi connectivity index (χ2v) is 7.65. The summed E-state index contributed by atoms with van der Waals surface area (Å²) in [4.78, 5) is 16.2. The highest BCUT2D eigenvalue weighted by molar-refractivity contribution is 7.99. The zero-order valence-electron chi connectivity index (χ0n) is 15.7. The van der Waals surface area contributed by atoms with E-state index in [-0.39, 0.29) is 12.4 Å². The van der Waals surface area contributed by atoms with Crippen molar-refractivity contribution in [2.75, 3.05) is 12.4 Å². The molecule has 1 aromatic heterocycles. The number of Topliss-reactive ketones (excluding diaryl/α,β-unsaturated/α-hetero) is 1. The summed E-state index contributed by atoms with van der Waals surface area (Å²) in [5.41, 5.74) is 3.93. The maximum atomic E-state index is 11.4. The molecule has 3 aromatic rings. The van der Waals surface area contributed by atoms with Gasteiger partial charge in [0.25, 0.3) is 0 Å². The molecule has 27 heavy (non-hydrogen) atoms. The normalized spacial score (nSPS) is 12.1. The van der Waals surface area contributed by atoms with E-state index >= 15 is 0 Å². The van der Waals surface area contributed by atoms with Crippen LogP contribution in [0, 0.1) is 13.8 Å². The highest BCUT2D eigenvalue weighted by Gasteiger charge is 2.10. The van der Waals surface area contributed by atoms with Crippen molar-refractivity contribution < 1.29 is 14.6 Å². The number of pyridine rings is 1. The number of rotatable bonds is 7. The highest BCUT2D eigenvalue weighted by Crippen LogP contribution is 2.26. The number of aromatic nitrogens is 1. The smallest absolute Gasteiger partial charge is 0.159 e. The molecule has 2 aromatic carbocycles. The van der Waals surface area contributed by atoms with E-state index in [0.29, 0.717) is 17.1 Å². The predicted octanol–water partition coefficient (Wildman–Crippen LogP) is 4.59. The van der Waals surface area contributed by atoms with E-state index in [1.54, 1.807) is 24.3 Å². The van der Waals surface area contributed by atoms with Crippen LogP contribution in [-0.2, 0) is 0 Å². The maximum Gasteiger partial charge on any atom is 0.159 e. The SMILES string of the molecule is CC(=O)c1cccc(OC[C@H](O)CSc2cc(C)c3cccc(C)c3n2)c1. The first-order chi connectivity index (χ1) is 12.9. The van der Waals surface area contributed by atoms with Crippen molar-refractivity contribution in [1.82, 2.24) is 4.98 Å². The lowest BCUT2D eigenvalue weighted by molar-refractivity contribution is 0.101. The molecule has 0 aliphatic rings. The average molecular weight is 381 g/mol. The molecule has 1 heterocycles. The average Bonchev–Trinajstić information content (AvgIpc) is 2.66. The van der Waals surface area contributed by atoms with Crippen LogP contribution < -0.4 is 4.74 Å². The molecule has 0 unspecified atom stereocenters. The van der Waals surface area contributed by atoms with Crippen LogP contribution in [0.4, 0.5) is 0 Å². The van der Waals surface area contributed by atoms with Gasteiger partial charge in [-0.25, -0.2) is 4.98 Å². The van der Waals surface area contributed by atoms with Crippen molar-refractivity contribution in [1.29, 1.82) is 0 Å². The van der Waals surface area contributed by atoms with Crippen LogP contribution in [0.1, 0.15) is 28.4 Å². The molecule has 0 aliphatic carbocycles. The summed E-state index contributed by atoms with van der Waals surface area (Å²) >= 11 is 1.51. The minimum atomic E-state index is -0.634. The molecule has 3 rings (SSSR count). The van der Waals surface area contributed by atoms with Gasteiger partial charge < -0.3 is 9.84 Å². The number of aliphatic hydroxyl groups excluding tert-OH is 1. The lowest BCUT2D eigenvalue weighted by Crippen LogP contribution is -2.20. The highest BCUT2D eigenvalue weighted by atomic mass is 32.2. The molecule has 1 atom stereocenters. The van der Waals surface area contributed by atoms with E-state index in [1.807, 2.05) is 6.07 Å². The van der Waals surface area contributed by atoms with Crippen LogP contribution in [0.5, 0.6) is 5.75 Å². The number of carbonyl (C=O) groups is 1. The Morgan fingerprint density at radius 2 is 1.93 bits per heavy atom. The Morgan fingerprint density at radius 1 is 1.15 bits per heavy atom. The number of thioether (sulfide) groups is 1. The number of para-hydroxylation sites is 1. The Morgan fingerprint density at radius 3 is 2.70 bits per heavy atom. The Labute approximate surface area is 163 Å². The third-order valence-corrected chi connectivity index (χ3v) is 5.39. The van der Waals surface area contributed by atoms with Crippen molar-refractivity contribution in [2.24, 2.45) is 0 Å². The molecule has 0 saturated carbocycles. The van der Waals surface area contributed by atoms with Gasteiger partial charge in [0.05, 0.1) is 16.6 Å². The molecule has 0 spiro atoms. The second kappa shape index (κ2) is 8.55. The van der Waals surface area contributed by atoms with E-state index in [4.69, 9.17) is 9.72 Å². The Kier molecular flexibility index (Phi) is 6.14. The van der Waals surface area contributed by atoms with Crippen LogP contribution in [0.3, 0.4) is 0 Å². The van der Waals surface area contributed by atoms with Crippen LogP contribution in [-0.4, -0.2) is 34.3 Å². The molecule has 4 nitrogen and oxygen atoms in total. The van der Waals surface area contributed by atoms with Crippen LogP contribution in [0.25, 0.3) is 10.9 Å². The van der Waals surface area contributed by atoms with Crippen molar-refractivity contribution in [3.05, 3.63) is 65.2 Å². The number of hydrogen-bond donors (Lipinski definition) is 1. The molecule has 0 saturated heterocycles. The van der Waals surface area contributed by atoms with Crippen molar-refractivity contribution in [2.45, 2.75) is 31.9 Å². The zero-order valence-corrected chi connectivity index (χ0v) is 16.5. The van der Waals surface area contributed by atoms with E-state index in [9.17, 15) is 9.90 Å². The topological polar surface area (TPSA) is 59.4 Å². The van der Waals surface area contributed by atoms with Gasteiger partial charge in [0, 0.05) is 16.7 Å². The molecule has 5 heteroatoms. The third-order valence-electron chi connectivity index (χ3n) is 4.33. The Balaban J connectivity index is 1.60. The minimum absolute atomic E-state index is 0.00963. The number of aryl methyl sites for hydroxylation is 2. The van der Waals surface area contributed by atoms with Gasteiger partial charge in [-0.2, -0.15) is 0 Å². The molecule has 0 fully saturated rings. The standard InChI is InChI=1S/C22H23NO3S/c1-14-6-4-9-20-15(2)10-21(23-22(14)20)27-13-18(25)12-26-19-8-5-7-17(11-19)16(3)24/h4-11,18,25H,12-13H2,1-3H3/t18-/m0/s1. The van der Waals surface area contributed by atoms with Gasteiger partial charge in [-0.1, -0.05) is 30.3 Å². The van der Waals surface area contributed by atoms with E-state index in [2.05, 4.69) is 32.0 Å². The molecule has 140 valence electrons. The van der Waals surface area contributed by atoms with Gasteiger partial charge >= 0.3 is 0 Å². The first-order valence-corrected chi connectivity index (χ1v) is 9.84. The molecular formula is C22H23NO3S. The summed E-state index contributed by atoms with van der Waals surface area (Å²) in [6, 6.07) is 15.2. The summed E-state index contributed by atoms with van der Waals surface area (Å²) in [5.74, 6) is 1.06. The Bertz CT molecular complexity index is 971. The summed E-state index contributed by atoms with van der Waals surface area (Å²) in [7, 11) is 0. The zero-order chi connectivity index (χ0) is 19.4. The summed E-state index contributed by atoms with van der Waals surface area (Å²) < 4.78 is 5.62. The van der Waals surface area contributed by atoms with Gasteiger partial charge in [0.2, 0.25) is 0 Å². The molecule has 0 radical (unpaired) electrons. The lowest BCUT2D eigenvalue weighted by atomic mass is 10.1. The number of nitrogens with zero attached hydrogens (tertiary/aromatic N) is 1. The van der Waals surface area contributed by atoms with Crippen LogP contribution in [0.2, 0.25) is 0 Å². The predicted molar refractivity (Wildman–Crippen MR) is 110 cm³/mol. The third kappa shape index (κ3) is 4.87. The molecule has 0 bridgehead atoms. The summed E-state index contributed by atoms with van der Waals surface area (Å²) in [5, 5.41) is 12.3. The first kappa shape index (κ1) is 19.4. The number of hydrogen-bond acceptors (Lipinski definition) is 5. The quantitative estimate of drug-likeness (QED) is 0.479.